The van der Waals surface area contributed by atoms with Crippen molar-refractivity contribution >= 4 is 43.5 Å². The van der Waals surface area contributed by atoms with Gasteiger partial charge in [0.15, 0.2) is 0 Å². The van der Waals surface area contributed by atoms with Crippen LogP contribution in [0.1, 0.15) is 26.3 Å². The molecule has 1 aromatic rings. The lowest BCUT2D eigenvalue weighted by Crippen LogP contribution is -2.19. The summed E-state index contributed by atoms with van der Waals surface area (Å²) in [6.45, 7) is 8.65. The molecule has 0 unspecified atom stereocenters. The maximum atomic E-state index is 5.75. The third-order valence-corrected chi connectivity index (χ3v) is 4.12. The van der Waals surface area contributed by atoms with Crippen molar-refractivity contribution in [2.75, 3.05) is 13.2 Å². The molecule has 1 N–H and O–H groups in total. The van der Waals surface area contributed by atoms with Crippen molar-refractivity contribution in [3.63, 3.8) is 0 Å². The summed E-state index contributed by atoms with van der Waals surface area (Å²) < 4.78 is 7.63. The molecule has 0 aromatic heterocycles. The summed E-state index contributed by atoms with van der Waals surface area (Å²) in [4.78, 5) is 0. The summed E-state index contributed by atoms with van der Waals surface area (Å²) >= 11 is 12.7. The summed E-state index contributed by atoms with van der Waals surface area (Å²) in [7, 11) is 0. The van der Waals surface area contributed by atoms with E-state index in [2.05, 4.69) is 63.2 Å². The van der Waals surface area contributed by atoms with Crippen molar-refractivity contribution in [3.8, 4) is 5.75 Å². The standard InChI is InChI=1S/C15H20Br2ClNO/c1-10(2)7-19-8-12-4-13(16)15(14(17)5-12)20-9-11(3)6-18/h4-6,10,19H,7-9H2,1-3H3/b11-6+. The van der Waals surface area contributed by atoms with Crippen LogP contribution in [0.5, 0.6) is 5.75 Å². The van der Waals surface area contributed by atoms with E-state index in [4.69, 9.17) is 16.3 Å². The number of hydrogen-bond acceptors (Lipinski definition) is 2. The Morgan fingerprint density at radius 1 is 1.35 bits per heavy atom. The van der Waals surface area contributed by atoms with Gasteiger partial charge in [-0.25, -0.2) is 0 Å². The van der Waals surface area contributed by atoms with E-state index >= 15 is 0 Å². The molecule has 5 heteroatoms. The molecule has 2 nitrogen and oxygen atoms in total. The first-order valence-electron chi connectivity index (χ1n) is 6.51. The quantitative estimate of drug-likeness (QED) is 0.625. The number of hydrogen-bond donors (Lipinski definition) is 1. The van der Waals surface area contributed by atoms with E-state index in [1.54, 1.807) is 0 Å². The van der Waals surface area contributed by atoms with Crippen molar-refractivity contribution in [2.24, 2.45) is 5.92 Å². The van der Waals surface area contributed by atoms with Gasteiger partial charge in [0.1, 0.15) is 12.4 Å². The minimum atomic E-state index is 0.478. The molecular weight excluding hydrogens is 405 g/mol. The minimum absolute atomic E-state index is 0.478. The van der Waals surface area contributed by atoms with Gasteiger partial charge in [-0.3, -0.25) is 0 Å². The second-order valence-electron chi connectivity index (χ2n) is 5.16. The summed E-state index contributed by atoms with van der Waals surface area (Å²) in [6, 6.07) is 4.15. The van der Waals surface area contributed by atoms with Gasteiger partial charge in [-0.1, -0.05) is 25.4 Å². The van der Waals surface area contributed by atoms with E-state index in [0.717, 1.165) is 33.4 Å². The molecule has 1 rings (SSSR count). The van der Waals surface area contributed by atoms with Crippen LogP contribution in [0.4, 0.5) is 0 Å². The van der Waals surface area contributed by atoms with Gasteiger partial charge in [0.2, 0.25) is 0 Å². The van der Waals surface area contributed by atoms with Gasteiger partial charge < -0.3 is 10.1 Å². The fourth-order valence-corrected chi connectivity index (χ4v) is 3.15. The lowest BCUT2D eigenvalue weighted by molar-refractivity contribution is 0.348. The van der Waals surface area contributed by atoms with E-state index in [1.165, 1.54) is 11.1 Å². The molecule has 0 bridgehead atoms. The lowest BCUT2D eigenvalue weighted by atomic mass is 10.2. The summed E-state index contributed by atoms with van der Waals surface area (Å²) in [5.74, 6) is 1.45. The molecule has 0 heterocycles. The number of rotatable bonds is 7. The maximum absolute atomic E-state index is 5.75. The fraction of sp³-hybridized carbons (Fsp3) is 0.467. The highest BCUT2D eigenvalue weighted by Gasteiger charge is 2.09. The average Bonchev–Trinajstić information content (AvgIpc) is 2.37. The van der Waals surface area contributed by atoms with Crippen LogP contribution in [0.15, 0.2) is 32.2 Å². The predicted octanol–water partition coefficient (Wildman–Crippen LogP) is 5.48. The van der Waals surface area contributed by atoms with Gasteiger partial charge in [-0.15, -0.1) is 0 Å². The second kappa shape index (κ2) is 9.08. The van der Waals surface area contributed by atoms with Gasteiger partial charge in [-0.2, -0.15) is 0 Å². The molecule has 0 aliphatic rings. The van der Waals surface area contributed by atoms with Crippen LogP contribution in [-0.4, -0.2) is 13.2 Å². The van der Waals surface area contributed by atoms with Crippen molar-refractivity contribution < 1.29 is 4.74 Å². The fourth-order valence-electron chi connectivity index (χ4n) is 1.58. The van der Waals surface area contributed by atoms with Crippen LogP contribution < -0.4 is 10.1 Å². The van der Waals surface area contributed by atoms with Crippen LogP contribution in [0.3, 0.4) is 0 Å². The Morgan fingerprint density at radius 2 is 1.95 bits per heavy atom. The Bertz CT molecular complexity index is 452. The number of ether oxygens (including phenoxy) is 1. The Hall–Kier alpha value is -0.0300. The number of benzene rings is 1. The van der Waals surface area contributed by atoms with Crippen LogP contribution >= 0.6 is 43.5 Å². The van der Waals surface area contributed by atoms with Crippen molar-refractivity contribution in [1.82, 2.24) is 5.32 Å². The minimum Gasteiger partial charge on any atom is -0.487 e. The molecule has 20 heavy (non-hydrogen) atoms. The molecule has 0 radical (unpaired) electrons. The smallest absolute Gasteiger partial charge is 0.148 e. The number of halogens is 3. The van der Waals surface area contributed by atoms with E-state index in [0.29, 0.717) is 12.5 Å². The molecule has 0 atom stereocenters. The first kappa shape index (κ1) is 18.0. The van der Waals surface area contributed by atoms with Gasteiger partial charge >= 0.3 is 0 Å². The van der Waals surface area contributed by atoms with E-state index in [1.807, 2.05) is 6.92 Å². The zero-order valence-corrected chi connectivity index (χ0v) is 15.9. The topological polar surface area (TPSA) is 21.3 Å². The van der Waals surface area contributed by atoms with Crippen LogP contribution in [-0.2, 0) is 6.54 Å². The molecule has 0 saturated carbocycles. The average molecular weight is 426 g/mol. The van der Waals surface area contributed by atoms with E-state index in [9.17, 15) is 0 Å². The Morgan fingerprint density at radius 3 is 2.45 bits per heavy atom. The van der Waals surface area contributed by atoms with Gasteiger partial charge in [-0.05, 0) is 74.5 Å². The summed E-state index contributed by atoms with van der Waals surface area (Å²) in [5.41, 5.74) is 3.72. The molecule has 0 spiro atoms. The summed E-state index contributed by atoms with van der Waals surface area (Å²) in [5, 5.41) is 3.43. The van der Waals surface area contributed by atoms with Crippen LogP contribution in [0.25, 0.3) is 0 Å². The monoisotopic (exact) mass is 423 g/mol. The largest absolute Gasteiger partial charge is 0.487 e. The molecule has 1 aromatic carbocycles. The van der Waals surface area contributed by atoms with Crippen molar-refractivity contribution in [3.05, 3.63) is 37.7 Å². The Labute approximate surface area is 143 Å². The normalized spacial score (nSPS) is 12.1. The molecule has 0 amide bonds. The third-order valence-electron chi connectivity index (χ3n) is 2.57. The molecule has 0 saturated heterocycles. The van der Waals surface area contributed by atoms with Crippen LogP contribution in [0, 0.1) is 5.92 Å². The Kier molecular flexibility index (Phi) is 8.18. The Balaban J connectivity index is 2.70. The highest BCUT2D eigenvalue weighted by molar-refractivity contribution is 9.11. The highest BCUT2D eigenvalue weighted by Crippen LogP contribution is 2.35. The lowest BCUT2D eigenvalue weighted by Gasteiger charge is -2.13. The molecule has 0 fully saturated rings. The van der Waals surface area contributed by atoms with E-state index < -0.39 is 0 Å². The molecule has 0 aliphatic heterocycles. The summed E-state index contributed by atoms with van der Waals surface area (Å²) in [6.07, 6.45) is 0. The highest BCUT2D eigenvalue weighted by atomic mass is 79.9. The SMILES string of the molecule is C/C(=C\Cl)COc1c(Br)cc(CNCC(C)C)cc1Br. The van der Waals surface area contributed by atoms with Gasteiger partial charge in [0.25, 0.3) is 0 Å². The third kappa shape index (κ3) is 6.17. The van der Waals surface area contributed by atoms with Crippen molar-refractivity contribution in [1.29, 1.82) is 0 Å². The predicted molar refractivity (Wildman–Crippen MR) is 93.5 cm³/mol. The molecule has 0 aliphatic carbocycles. The van der Waals surface area contributed by atoms with Crippen molar-refractivity contribution in [2.45, 2.75) is 27.3 Å². The van der Waals surface area contributed by atoms with E-state index in [-0.39, 0.29) is 0 Å². The van der Waals surface area contributed by atoms with Crippen LogP contribution in [0.2, 0.25) is 0 Å². The number of nitrogens with one attached hydrogen (secondary N) is 1. The maximum Gasteiger partial charge on any atom is 0.148 e. The molecular formula is C15H20Br2ClNO. The van der Waals surface area contributed by atoms with Gasteiger partial charge in [0.05, 0.1) is 8.95 Å². The van der Waals surface area contributed by atoms with Gasteiger partial charge in [0, 0.05) is 12.1 Å². The molecule has 112 valence electrons. The second-order valence-corrected chi connectivity index (χ2v) is 7.08. The first-order chi connectivity index (χ1) is 9.43. The zero-order valence-electron chi connectivity index (χ0n) is 12.0. The first-order valence-corrected chi connectivity index (χ1v) is 8.53. The zero-order chi connectivity index (χ0) is 15.1.